The van der Waals surface area contributed by atoms with Gasteiger partial charge in [0, 0.05) is 19.7 Å². The Bertz CT molecular complexity index is 351. The Labute approximate surface area is 122 Å². The van der Waals surface area contributed by atoms with Gasteiger partial charge in [-0.05, 0) is 30.7 Å². The highest BCUT2D eigenvalue weighted by molar-refractivity contribution is 5.31. The van der Waals surface area contributed by atoms with Gasteiger partial charge < -0.3 is 19.5 Å². The SMILES string of the molecule is CCCOc1ccc(OC(CNC(C)C)COC)cc1. The maximum Gasteiger partial charge on any atom is 0.134 e. The van der Waals surface area contributed by atoms with Gasteiger partial charge in [0.1, 0.15) is 17.6 Å². The van der Waals surface area contributed by atoms with Crippen molar-refractivity contribution in [2.45, 2.75) is 39.3 Å². The fourth-order valence-corrected chi connectivity index (χ4v) is 1.71. The molecule has 1 aromatic rings. The second-order valence-electron chi connectivity index (χ2n) is 5.08. The zero-order valence-electron chi connectivity index (χ0n) is 13.0. The van der Waals surface area contributed by atoms with Crippen LogP contribution < -0.4 is 14.8 Å². The average molecular weight is 281 g/mol. The molecule has 0 saturated carbocycles. The van der Waals surface area contributed by atoms with Crippen LogP contribution in [0.15, 0.2) is 24.3 Å². The molecule has 0 aromatic heterocycles. The van der Waals surface area contributed by atoms with E-state index in [1.165, 1.54) is 0 Å². The molecule has 0 aliphatic carbocycles. The van der Waals surface area contributed by atoms with Crippen LogP contribution in [0.5, 0.6) is 11.5 Å². The monoisotopic (exact) mass is 281 g/mol. The number of benzene rings is 1. The first-order chi connectivity index (χ1) is 9.65. The Morgan fingerprint density at radius 2 is 1.75 bits per heavy atom. The third kappa shape index (κ3) is 6.78. The summed E-state index contributed by atoms with van der Waals surface area (Å²) in [5.41, 5.74) is 0. The standard InChI is InChI=1S/C16H27NO3/c1-5-10-19-14-6-8-15(9-7-14)20-16(12-18-4)11-17-13(2)3/h6-9,13,16-17H,5,10-12H2,1-4H3. The Kier molecular flexibility index (Phi) is 8.07. The molecule has 1 aromatic carbocycles. The van der Waals surface area contributed by atoms with Gasteiger partial charge in [-0.1, -0.05) is 20.8 Å². The fourth-order valence-electron chi connectivity index (χ4n) is 1.71. The van der Waals surface area contributed by atoms with Crippen LogP contribution in [0.25, 0.3) is 0 Å². The topological polar surface area (TPSA) is 39.7 Å². The van der Waals surface area contributed by atoms with Crippen molar-refractivity contribution in [1.29, 1.82) is 0 Å². The molecule has 0 radical (unpaired) electrons. The van der Waals surface area contributed by atoms with Gasteiger partial charge >= 0.3 is 0 Å². The Morgan fingerprint density at radius 3 is 2.30 bits per heavy atom. The van der Waals surface area contributed by atoms with E-state index in [0.29, 0.717) is 12.6 Å². The van der Waals surface area contributed by atoms with Crippen molar-refractivity contribution in [2.24, 2.45) is 0 Å². The van der Waals surface area contributed by atoms with Gasteiger partial charge in [-0.2, -0.15) is 0 Å². The zero-order valence-corrected chi connectivity index (χ0v) is 13.0. The van der Waals surface area contributed by atoms with Crippen molar-refractivity contribution >= 4 is 0 Å². The van der Waals surface area contributed by atoms with Gasteiger partial charge in [0.25, 0.3) is 0 Å². The lowest BCUT2D eigenvalue weighted by Crippen LogP contribution is -2.37. The number of hydrogen-bond donors (Lipinski definition) is 1. The van der Waals surface area contributed by atoms with Gasteiger partial charge in [0.2, 0.25) is 0 Å². The third-order valence-electron chi connectivity index (χ3n) is 2.71. The molecule has 0 bridgehead atoms. The van der Waals surface area contributed by atoms with Gasteiger partial charge in [0.15, 0.2) is 0 Å². The van der Waals surface area contributed by atoms with Gasteiger partial charge in [0.05, 0.1) is 13.2 Å². The van der Waals surface area contributed by atoms with E-state index in [1.54, 1.807) is 7.11 Å². The summed E-state index contributed by atoms with van der Waals surface area (Å²) < 4.78 is 16.7. The highest BCUT2D eigenvalue weighted by Crippen LogP contribution is 2.18. The number of ether oxygens (including phenoxy) is 3. The molecule has 114 valence electrons. The van der Waals surface area contributed by atoms with Crippen molar-refractivity contribution in [3.05, 3.63) is 24.3 Å². The molecule has 0 fully saturated rings. The number of nitrogens with one attached hydrogen (secondary N) is 1. The lowest BCUT2D eigenvalue weighted by atomic mass is 10.3. The van der Waals surface area contributed by atoms with Gasteiger partial charge in [-0.15, -0.1) is 0 Å². The molecule has 4 nitrogen and oxygen atoms in total. The van der Waals surface area contributed by atoms with Crippen molar-refractivity contribution in [1.82, 2.24) is 5.32 Å². The summed E-state index contributed by atoms with van der Waals surface area (Å²) in [5, 5.41) is 3.36. The minimum Gasteiger partial charge on any atom is -0.494 e. The van der Waals surface area contributed by atoms with E-state index in [1.807, 2.05) is 24.3 Å². The summed E-state index contributed by atoms with van der Waals surface area (Å²) in [6, 6.07) is 8.17. The summed E-state index contributed by atoms with van der Waals surface area (Å²) in [4.78, 5) is 0. The van der Waals surface area contributed by atoms with Crippen LogP contribution in [-0.4, -0.2) is 39.0 Å². The average Bonchev–Trinajstić information content (AvgIpc) is 2.44. The van der Waals surface area contributed by atoms with Crippen LogP contribution in [0.1, 0.15) is 27.2 Å². The van der Waals surface area contributed by atoms with Gasteiger partial charge in [-0.3, -0.25) is 0 Å². The predicted octanol–water partition coefficient (Wildman–Crippen LogP) is 2.87. The molecule has 0 spiro atoms. The quantitative estimate of drug-likeness (QED) is 0.716. The van der Waals surface area contributed by atoms with Crippen molar-refractivity contribution in [2.75, 3.05) is 26.9 Å². The lowest BCUT2D eigenvalue weighted by Gasteiger charge is -2.20. The van der Waals surface area contributed by atoms with E-state index in [-0.39, 0.29) is 6.10 Å². The minimum absolute atomic E-state index is 0.00445. The Morgan fingerprint density at radius 1 is 1.10 bits per heavy atom. The minimum atomic E-state index is 0.00445. The zero-order chi connectivity index (χ0) is 14.8. The highest BCUT2D eigenvalue weighted by atomic mass is 16.5. The Hall–Kier alpha value is -1.26. The third-order valence-corrected chi connectivity index (χ3v) is 2.71. The van der Waals surface area contributed by atoms with Crippen LogP contribution in [0.2, 0.25) is 0 Å². The molecule has 1 N–H and O–H groups in total. The largest absolute Gasteiger partial charge is 0.494 e. The summed E-state index contributed by atoms with van der Waals surface area (Å²) >= 11 is 0. The number of methoxy groups -OCH3 is 1. The van der Waals surface area contributed by atoms with Crippen molar-refractivity contribution in [3.63, 3.8) is 0 Å². The molecular formula is C16H27NO3. The van der Waals surface area contributed by atoms with E-state index >= 15 is 0 Å². The highest BCUT2D eigenvalue weighted by Gasteiger charge is 2.11. The second-order valence-corrected chi connectivity index (χ2v) is 5.08. The molecule has 0 aliphatic heterocycles. The fraction of sp³-hybridized carbons (Fsp3) is 0.625. The van der Waals surface area contributed by atoms with E-state index in [0.717, 1.165) is 31.1 Å². The molecule has 4 heteroatoms. The molecule has 0 aliphatic rings. The molecule has 1 unspecified atom stereocenters. The molecular weight excluding hydrogens is 254 g/mol. The summed E-state index contributed by atoms with van der Waals surface area (Å²) in [7, 11) is 1.69. The molecule has 0 saturated heterocycles. The van der Waals surface area contributed by atoms with Crippen LogP contribution in [0, 0.1) is 0 Å². The van der Waals surface area contributed by atoms with E-state index in [9.17, 15) is 0 Å². The van der Waals surface area contributed by atoms with Crippen molar-refractivity contribution in [3.8, 4) is 11.5 Å². The molecule has 1 atom stereocenters. The summed E-state index contributed by atoms with van der Waals surface area (Å²) in [6.07, 6.45) is 1.01. The number of hydrogen-bond acceptors (Lipinski definition) is 4. The van der Waals surface area contributed by atoms with Crippen LogP contribution in [-0.2, 0) is 4.74 Å². The van der Waals surface area contributed by atoms with Gasteiger partial charge in [-0.25, -0.2) is 0 Å². The normalized spacial score (nSPS) is 12.4. The molecule has 0 heterocycles. The van der Waals surface area contributed by atoms with Crippen LogP contribution in [0.3, 0.4) is 0 Å². The maximum atomic E-state index is 5.92. The van der Waals surface area contributed by atoms with E-state index < -0.39 is 0 Å². The first kappa shape index (κ1) is 16.8. The number of rotatable bonds is 10. The molecule has 20 heavy (non-hydrogen) atoms. The lowest BCUT2D eigenvalue weighted by molar-refractivity contribution is 0.0794. The molecule has 0 amide bonds. The van der Waals surface area contributed by atoms with E-state index in [2.05, 4.69) is 26.1 Å². The summed E-state index contributed by atoms with van der Waals surface area (Å²) in [5.74, 6) is 1.71. The molecule has 1 rings (SSSR count). The van der Waals surface area contributed by atoms with E-state index in [4.69, 9.17) is 14.2 Å². The van der Waals surface area contributed by atoms with Crippen LogP contribution >= 0.6 is 0 Å². The first-order valence-corrected chi connectivity index (χ1v) is 7.27. The van der Waals surface area contributed by atoms with Crippen LogP contribution in [0.4, 0.5) is 0 Å². The maximum absolute atomic E-state index is 5.92. The Balaban J connectivity index is 2.50. The second kappa shape index (κ2) is 9.61. The first-order valence-electron chi connectivity index (χ1n) is 7.27. The summed E-state index contributed by atoms with van der Waals surface area (Å²) in [6.45, 7) is 8.39. The predicted molar refractivity (Wildman–Crippen MR) is 81.7 cm³/mol. The van der Waals surface area contributed by atoms with Crippen molar-refractivity contribution < 1.29 is 14.2 Å². The smallest absolute Gasteiger partial charge is 0.134 e.